The fourth-order valence-corrected chi connectivity index (χ4v) is 1.66. The summed E-state index contributed by atoms with van der Waals surface area (Å²) in [4.78, 5) is 4.21. The smallest absolute Gasteiger partial charge is 0.0991 e. The molecule has 0 unspecified atom stereocenters. The van der Waals surface area contributed by atoms with Crippen LogP contribution in [-0.4, -0.2) is 10.1 Å². The Labute approximate surface area is 99.0 Å². The molecule has 0 saturated carbocycles. The second kappa shape index (κ2) is 4.64. The minimum Gasteiger partial charge on any atom is -0.398 e. The van der Waals surface area contributed by atoms with Crippen molar-refractivity contribution in [2.24, 2.45) is 0 Å². The van der Waals surface area contributed by atoms with Gasteiger partial charge in [0, 0.05) is 23.0 Å². The zero-order valence-corrected chi connectivity index (χ0v) is 9.09. The first-order valence-electron chi connectivity index (χ1n) is 5.11. The number of nitrogen functional groups attached to an aromatic ring is 1. The Hall–Kier alpha value is -2.38. The monoisotopic (exact) mass is 225 g/mol. The van der Waals surface area contributed by atoms with Crippen molar-refractivity contribution in [2.45, 2.75) is 6.61 Å². The predicted octanol–water partition coefficient (Wildman–Crippen LogP) is 1.69. The van der Waals surface area contributed by atoms with Crippen LogP contribution in [0.5, 0.6) is 0 Å². The van der Waals surface area contributed by atoms with Gasteiger partial charge in [-0.2, -0.15) is 5.26 Å². The van der Waals surface area contributed by atoms with Crippen molar-refractivity contribution in [2.75, 3.05) is 5.73 Å². The summed E-state index contributed by atoms with van der Waals surface area (Å²) in [5, 5.41) is 18.1. The molecule has 84 valence electrons. The molecule has 0 amide bonds. The van der Waals surface area contributed by atoms with Gasteiger partial charge in [-0.1, -0.05) is 12.1 Å². The third-order valence-electron chi connectivity index (χ3n) is 2.52. The molecule has 0 fully saturated rings. The molecule has 0 aliphatic rings. The predicted molar refractivity (Wildman–Crippen MR) is 64.7 cm³/mol. The van der Waals surface area contributed by atoms with Gasteiger partial charge in [0.25, 0.3) is 0 Å². The van der Waals surface area contributed by atoms with E-state index in [4.69, 9.17) is 11.0 Å². The summed E-state index contributed by atoms with van der Waals surface area (Å²) in [6, 6.07) is 10.8. The first-order valence-corrected chi connectivity index (χ1v) is 5.11. The van der Waals surface area contributed by atoms with Crippen molar-refractivity contribution < 1.29 is 5.11 Å². The molecular formula is C13H11N3O. The van der Waals surface area contributed by atoms with E-state index in [1.807, 2.05) is 6.07 Å². The number of aliphatic hydroxyl groups excluding tert-OH is 1. The number of pyridine rings is 1. The number of aromatic nitrogens is 1. The van der Waals surface area contributed by atoms with Gasteiger partial charge in [-0.3, -0.25) is 4.98 Å². The summed E-state index contributed by atoms with van der Waals surface area (Å²) in [7, 11) is 0. The molecule has 1 heterocycles. The average Bonchev–Trinajstić information content (AvgIpc) is 2.38. The van der Waals surface area contributed by atoms with E-state index in [1.54, 1.807) is 30.5 Å². The average molecular weight is 225 g/mol. The maximum absolute atomic E-state index is 9.30. The van der Waals surface area contributed by atoms with E-state index in [0.29, 0.717) is 22.5 Å². The number of nitrogens with zero attached hydrogens (tertiary/aromatic N) is 2. The third kappa shape index (κ3) is 2.10. The van der Waals surface area contributed by atoms with Crippen LogP contribution in [0.1, 0.15) is 11.1 Å². The molecule has 0 aliphatic carbocycles. The molecule has 0 bridgehead atoms. The lowest BCUT2D eigenvalue weighted by molar-refractivity contribution is 0.282. The summed E-state index contributed by atoms with van der Waals surface area (Å²) in [6.07, 6.45) is 1.59. The van der Waals surface area contributed by atoms with Crippen molar-refractivity contribution in [3.8, 4) is 17.3 Å². The molecule has 17 heavy (non-hydrogen) atoms. The highest BCUT2D eigenvalue weighted by molar-refractivity contribution is 5.70. The topological polar surface area (TPSA) is 82.9 Å². The number of nitrogens with two attached hydrogens (primary N) is 1. The highest BCUT2D eigenvalue weighted by atomic mass is 16.3. The zero-order valence-electron chi connectivity index (χ0n) is 9.09. The standard InChI is InChI=1S/C13H11N3O/c14-7-9-2-1-3-10(6-9)13-11(8-17)12(15)4-5-16-13/h1-6,17H,8H2,(H2,15,16). The molecule has 0 aliphatic heterocycles. The molecule has 4 nitrogen and oxygen atoms in total. The van der Waals surface area contributed by atoms with E-state index >= 15 is 0 Å². The minimum absolute atomic E-state index is 0.175. The molecule has 4 heteroatoms. The Bertz CT molecular complexity index is 587. The second-order valence-electron chi connectivity index (χ2n) is 3.58. The Morgan fingerprint density at radius 2 is 2.18 bits per heavy atom. The zero-order chi connectivity index (χ0) is 12.3. The van der Waals surface area contributed by atoms with Crippen LogP contribution in [0, 0.1) is 11.3 Å². The van der Waals surface area contributed by atoms with Gasteiger partial charge < -0.3 is 10.8 Å². The first kappa shape index (κ1) is 11.1. The summed E-state index contributed by atoms with van der Waals surface area (Å²) in [6.45, 7) is -0.175. The highest BCUT2D eigenvalue weighted by Gasteiger charge is 2.09. The van der Waals surface area contributed by atoms with E-state index in [-0.39, 0.29) is 6.61 Å². The lowest BCUT2D eigenvalue weighted by atomic mass is 10.0. The van der Waals surface area contributed by atoms with Gasteiger partial charge in [-0.05, 0) is 18.2 Å². The van der Waals surface area contributed by atoms with Gasteiger partial charge in [-0.15, -0.1) is 0 Å². The van der Waals surface area contributed by atoms with Crippen molar-refractivity contribution in [3.05, 3.63) is 47.7 Å². The fraction of sp³-hybridized carbons (Fsp3) is 0.0769. The number of benzene rings is 1. The summed E-state index contributed by atoms with van der Waals surface area (Å²) >= 11 is 0. The van der Waals surface area contributed by atoms with Gasteiger partial charge in [0.15, 0.2) is 0 Å². The molecule has 3 N–H and O–H groups in total. The lowest BCUT2D eigenvalue weighted by Gasteiger charge is -2.09. The van der Waals surface area contributed by atoms with E-state index < -0.39 is 0 Å². The Morgan fingerprint density at radius 1 is 1.35 bits per heavy atom. The summed E-state index contributed by atoms with van der Waals surface area (Å²) in [5.74, 6) is 0. The van der Waals surface area contributed by atoms with Crippen LogP contribution in [0.25, 0.3) is 11.3 Å². The van der Waals surface area contributed by atoms with Gasteiger partial charge >= 0.3 is 0 Å². The molecule has 2 aromatic rings. The summed E-state index contributed by atoms with van der Waals surface area (Å²) < 4.78 is 0. The number of nitriles is 1. The second-order valence-corrected chi connectivity index (χ2v) is 3.58. The number of hydrogen-bond acceptors (Lipinski definition) is 4. The van der Waals surface area contributed by atoms with Gasteiger partial charge in [0.1, 0.15) is 0 Å². The van der Waals surface area contributed by atoms with Crippen molar-refractivity contribution >= 4 is 5.69 Å². The maximum Gasteiger partial charge on any atom is 0.0991 e. The van der Waals surface area contributed by atoms with Crippen molar-refractivity contribution in [1.82, 2.24) is 4.98 Å². The van der Waals surface area contributed by atoms with Crippen LogP contribution in [0.3, 0.4) is 0 Å². The molecular weight excluding hydrogens is 214 g/mol. The molecule has 1 aromatic carbocycles. The fourth-order valence-electron chi connectivity index (χ4n) is 1.66. The van der Waals surface area contributed by atoms with E-state index in [1.165, 1.54) is 0 Å². The largest absolute Gasteiger partial charge is 0.398 e. The van der Waals surface area contributed by atoms with Crippen LogP contribution in [0.2, 0.25) is 0 Å². The Kier molecular flexibility index (Phi) is 3.03. The number of rotatable bonds is 2. The normalized spacial score (nSPS) is 9.88. The van der Waals surface area contributed by atoms with Gasteiger partial charge in [0.05, 0.1) is 23.9 Å². The lowest BCUT2D eigenvalue weighted by Crippen LogP contribution is -1.99. The first-order chi connectivity index (χ1) is 8.26. The molecule has 0 atom stereocenters. The minimum atomic E-state index is -0.175. The SMILES string of the molecule is N#Cc1cccc(-c2nccc(N)c2CO)c1. The van der Waals surface area contributed by atoms with Crippen molar-refractivity contribution in [1.29, 1.82) is 5.26 Å². The quantitative estimate of drug-likeness (QED) is 0.814. The summed E-state index contributed by atoms with van der Waals surface area (Å²) in [5.41, 5.74) is 8.81. The molecule has 2 rings (SSSR count). The molecule has 0 saturated heterocycles. The Morgan fingerprint density at radius 3 is 2.88 bits per heavy atom. The van der Waals surface area contributed by atoms with Crippen LogP contribution < -0.4 is 5.73 Å². The van der Waals surface area contributed by atoms with Gasteiger partial charge in [-0.25, -0.2) is 0 Å². The van der Waals surface area contributed by atoms with Crippen LogP contribution in [0.15, 0.2) is 36.5 Å². The van der Waals surface area contributed by atoms with E-state index in [0.717, 1.165) is 5.56 Å². The highest BCUT2D eigenvalue weighted by Crippen LogP contribution is 2.25. The van der Waals surface area contributed by atoms with E-state index in [9.17, 15) is 5.11 Å². The number of aliphatic hydroxyl groups is 1. The van der Waals surface area contributed by atoms with Crippen LogP contribution in [0.4, 0.5) is 5.69 Å². The number of hydrogen-bond donors (Lipinski definition) is 2. The van der Waals surface area contributed by atoms with Crippen LogP contribution >= 0.6 is 0 Å². The number of anilines is 1. The molecule has 1 aromatic heterocycles. The van der Waals surface area contributed by atoms with Crippen LogP contribution in [-0.2, 0) is 6.61 Å². The van der Waals surface area contributed by atoms with Crippen molar-refractivity contribution in [3.63, 3.8) is 0 Å². The third-order valence-corrected chi connectivity index (χ3v) is 2.52. The molecule has 0 spiro atoms. The Balaban J connectivity index is 2.60. The maximum atomic E-state index is 9.30. The molecule has 0 radical (unpaired) electrons. The van der Waals surface area contributed by atoms with E-state index in [2.05, 4.69) is 11.1 Å². The van der Waals surface area contributed by atoms with Gasteiger partial charge in [0.2, 0.25) is 0 Å².